The molecule has 26 heavy (non-hydrogen) atoms. The van der Waals surface area contributed by atoms with E-state index in [1.165, 1.54) is 0 Å². The number of halogens is 1. The summed E-state index contributed by atoms with van der Waals surface area (Å²) in [6.07, 6.45) is 0.932. The Labute approximate surface area is 158 Å². The number of nitrogens with one attached hydrogen (secondary N) is 2. The Morgan fingerprint density at radius 1 is 1.23 bits per heavy atom. The predicted octanol–water partition coefficient (Wildman–Crippen LogP) is 2.90. The van der Waals surface area contributed by atoms with Gasteiger partial charge in [0.25, 0.3) is 0 Å². The maximum absolute atomic E-state index is 11.8. The number of pyridine rings is 1. The quantitative estimate of drug-likeness (QED) is 0.692. The summed E-state index contributed by atoms with van der Waals surface area (Å²) < 4.78 is 5.50. The topological polar surface area (TPSA) is 83.5 Å². The van der Waals surface area contributed by atoms with Gasteiger partial charge in [-0.2, -0.15) is 0 Å². The third kappa shape index (κ3) is 6.20. The van der Waals surface area contributed by atoms with Crippen molar-refractivity contribution < 1.29 is 14.6 Å². The molecule has 0 aliphatic carbocycles. The summed E-state index contributed by atoms with van der Waals surface area (Å²) in [7, 11) is 0. The van der Waals surface area contributed by atoms with E-state index in [0.717, 1.165) is 22.4 Å². The summed E-state index contributed by atoms with van der Waals surface area (Å²) in [5, 5.41) is 16.0. The van der Waals surface area contributed by atoms with E-state index >= 15 is 0 Å². The van der Waals surface area contributed by atoms with Crippen LogP contribution in [0.15, 0.2) is 30.5 Å². The summed E-state index contributed by atoms with van der Waals surface area (Å²) in [6.45, 7) is 6.31. The lowest BCUT2D eigenvalue weighted by atomic mass is 10.1. The third-order valence-corrected chi connectivity index (χ3v) is 4.29. The molecule has 0 fully saturated rings. The van der Waals surface area contributed by atoms with Crippen molar-refractivity contribution in [2.45, 2.75) is 33.4 Å². The van der Waals surface area contributed by atoms with E-state index < -0.39 is 6.10 Å². The minimum absolute atomic E-state index is 0.0718. The van der Waals surface area contributed by atoms with Gasteiger partial charge >= 0.3 is 6.03 Å². The Morgan fingerprint density at radius 3 is 2.69 bits per heavy atom. The van der Waals surface area contributed by atoms with Crippen LogP contribution < -0.4 is 15.4 Å². The van der Waals surface area contributed by atoms with Crippen LogP contribution in [0.1, 0.15) is 22.4 Å². The van der Waals surface area contributed by atoms with Gasteiger partial charge in [0.05, 0.1) is 0 Å². The first kappa shape index (κ1) is 20.0. The van der Waals surface area contributed by atoms with Crippen LogP contribution in [0, 0.1) is 20.8 Å². The van der Waals surface area contributed by atoms with Crippen molar-refractivity contribution in [1.82, 2.24) is 15.6 Å². The Bertz CT molecular complexity index is 768. The van der Waals surface area contributed by atoms with Gasteiger partial charge in [-0.15, -0.1) is 0 Å². The molecule has 2 aromatic rings. The first-order valence-corrected chi connectivity index (χ1v) is 8.74. The predicted molar refractivity (Wildman–Crippen MR) is 102 cm³/mol. The second kappa shape index (κ2) is 9.40. The van der Waals surface area contributed by atoms with Gasteiger partial charge in [0.15, 0.2) is 0 Å². The van der Waals surface area contributed by atoms with Crippen molar-refractivity contribution in [2.24, 2.45) is 0 Å². The van der Waals surface area contributed by atoms with E-state index in [9.17, 15) is 9.90 Å². The van der Waals surface area contributed by atoms with Crippen LogP contribution in [0.25, 0.3) is 0 Å². The normalized spacial score (nSPS) is 11.7. The maximum Gasteiger partial charge on any atom is 0.315 e. The van der Waals surface area contributed by atoms with Crippen molar-refractivity contribution in [3.8, 4) is 5.75 Å². The van der Waals surface area contributed by atoms with Gasteiger partial charge in [-0.3, -0.25) is 4.98 Å². The van der Waals surface area contributed by atoms with Crippen LogP contribution in [0.2, 0.25) is 5.02 Å². The highest BCUT2D eigenvalue weighted by Crippen LogP contribution is 2.21. The number of amides is 2. The molecule has 3 N–H and O–H groups in total. The zero-order valence-corrected chi connectivity index (χ0v) is 15.9. The molecule has 1 aromatic carbocycles. The number of benzene rings is 1. The smallest absolute Gasteiger partial charge is 0.315 e. The molecule has 0 aliphatic heterocycles. The molecule has 7 heteroatoms. The molecule has 1 atom stereocenters. The number of hydrogen-bond acceptors (Lipinski definition) is 4. The zero-order valence-electron chi connectivity index (χ0n) is 15.2. The molecule has 1 aromatic heterocycles. The number of aliphatic hydroxyl groups excluding tert-OH is 1. The van der Waals surface area contributed by atoms with Gasteiger partial charge in [0.1, 0.15) is 18.5 Å². The van der Waals surface area contributed by atoms with E-state index in [0.29, 0.717) is 17.3 Å². The minimum Gasteiger partial charge on any atom is -0.491 e. The van der Waals surface area contributed by atoms with E-state index in [2.05, 4.69) is 15.6 Å². The molecule has 0 saturated heterocycles. The maximum atomic E-state index is 11.8. The fraction of sp³-hybridized carbons (Fsp3) is 0.368. The van der Waals surface area contributed by atoms with Crippen molar-refractivity contribution in [3.63, 3.8) is 0 Å². The fourth-order valence-electron chi connectivity index (χ4n) is 2.32. The van der Waals surface area contributed by atoms with Gasteiger partial charge in [-0.25, -0.2) is 4.79 Å². The fourth-order valence-corrected chi connectivity index (χ4v) is 2.43. The summed E-state index contributed by atoms with van der Waals surface area (Å²) in [6, 6.07) is 6.89. The van der Waals surface area contributed by atoms with Crippen LogP contribution in [0.5, 0.6) is 5.75 Å². The second-order valence-electron chi connectivity index (χ2n) is 6.19. The number of aliphatic hydroxyl groups is 1. The van der Waals surface area contributed by atoms with Crippen molar-refractivity contribution in [2.75, 3.05) is 13.2 Å². The molecular formula is C19H24ClN3O3. The number of aromatic nitrogens is 1. The van der Waals surface area contributed by atoms with E-state index in [4.69, 9.17) is 16.3 Å². The molecule has 2 amide bonds. The van der Waals surface area contributed by atoms with Gasteiger partial charge in [-0.1, -0.05) is 11.6 Å². The first-order valence-electron chi connectivity index (χ1n) is 8.36. The Balaban J connectivity index is 1.70. The lowest BCUT2D eigenvalue weighted by Gasteiger charge is -2.14. The molecular weight excluding hydrogens is 354 g/mol. The van der Waals surface area contributed by atoms with E-state index in [1.54, 1.807) is 24.4 Å². The van der Waals surface area contributed by atoms with Gasteiger partial charge in [0, 0.05) is 30.0 Å². The monoisotopic (exact) mass is 377 g/mol. The van der Waals surface area contributed by atoms with Crippen molar-refractivity contribution in [1.29, 1.82) is 0 Å². The third-order valence-electron chi connectivity index (χ3n) is 3.87. The number of rotatable bonds is 7. The second-order valence-corrected chi connectivity index (χ2v) is 6.60. The van der Waals surface area contributed by atoms with Gasteiger partial charge in [-0.05, 0) is 61.7 Å². The molecule has 6 nitrogen and oxygen atoms in total. The lowest BCUT2D eigenvalue weighted by Crippen LogP contribution is -2.41. The number of hydrogen-bond donors (Lipinski definition) is 3. The lowest BCUT2D eigenvalue weighted by molar-refractivity contribution is 0.108. The average molecular weight is 378 g/mol. The highest BCUT2D eigenvalue weighted by atomic mass is 35.5. The van der Waals surface area contributed by atoms with E-state index in [-0.39, 0.29) is 19.2 Å². The SMILES string of the molecule is Cc1cc(C)c(CNC(=O)NC[C@H](O)COc2ccc(Cl)c(C)c2)cn1. The molecule has 0 spiro atoms. The molecule has 0 radical (unpaired) electrons. The number of nitrogens with zero attached hydrogens (tertiary/aromatic N) is 1. The summed E-state index contributed by atoms with van der Waals surface area (Å²) in [5.74, 6) is 0.623. The van der Waals surface area contributed by atoms with Gasteiger partial charge < -0.3 is 20.5 Å². The Morgan fingerprint density at radius 2 is 2.00 bits per heavy atom. The number of carbonyl (C=O) groups excluding carboxylic acids is 1. The van der Waals surface area contributed by atoms with E-state index in [1.807, 2.05) is 26.8 Å². The number of aryl methyl sites for hydroxylation is 3. The van der Waals surface area contributed by atoms with Crippen molar-refractivity contribution in [3.05, 3.63) is 57.9 Å². The molecule has 0 unspecified atom stereocenters. The molecule has 0 bridgehead atoms. The summed E-state index contributed by atoms with van der Waals surface area (Å²) in [4.78, 5) is 16.1. The number of carbonyl (C=O) groups is 1. The highest BCUT2D eigenvalue weighted by Gasteiger charge is 2.09. The van der Waals surface area contributed by atoms with Crippen LogP contribution in [0.3, 0.4) is 0 Å². The Kier molecular flexibility index (Phi) is 7.24. The first-order chi connectivity index (χ1) is 12.3. The molecule has 0 aliphatic rings. The van der Waals surface area contributed by atoms with Crippen LogP contribution in [0.4, 0.5) is 4.79 Å². The molecule has 1 heterocycles. The van der Waals surface area contributed by atoms with Crippen molar-refractivity contribution >= 4 is 17.6 Å². The largest absolute Gasteiger partial charge is 0.491 e. The van der Waals surface area contributed by atoms with Crippen LogP contribution in [-0.4, -0.2) is 35.4 Å². The average Bonchev–Trinajstić information content (AvgIpc) is 2.60. The molecule has 0 saturated carbocycles. The summed E-state index contributed by atoms with van der Waals surface area (Å²) in [5.41, 5.74) is 3.86. The Hall–Kier alpha value is -2.31. The standard InChI is InChI=1S/C19H24ClN3O3/c1-12-6-14(3)21-8-15(12)9-22-19(25)23-10-16(24)11-26-17-4-5-18(20)13(2)7-17/h4-8,16,24H,9-11H2,1-3H3,(H2,22,23,25)/t16-/m0/s1. The van der Waals surface area contributed by atoms with Crippen LogP contribution >= 0.6 is 11.6 Å². The zero-order chi connectivity index (χ0) is 19.1. The summed E-state index contributed by atoms with van der Waals surface area (Å²) >= 11 is 5.96. The highest BCUT2D eigenvalue weighted by molar-refractivity contribution is 6.31. The molecule has 140 valence electrons. The number of urea groups is 1. The van der Waals surface area contributed by atoms with Gasteiger partial charge in [0.2, 0.25) is 0 Å². The molecule has 2 rings (SSSR count). The number of ether oxygens (including phenoxy) is 1. The minimum atomic E-state index is -0.820. The van der Waals surface area contributed by atoms with Crippen LogP contribution in [-0.2, 0) is 6.54 Å².